The highest BCUT2D eigenvalue weighted by Crippen LogP contribution is 2.30. The molecular formula is C16H22Br2N2. The van der Waals surface area contributed by atoms with Gasteiger partial charge in [-0.2, -0.15) is 0 Å². The quantitative estimate of drug-likeness (QED) is 0.520. The molecule has 2 rings (SSSR count). The minimum Gasteiger partial charge on any atom is -0.330 e. The van der Waals surface area contributed by atoms with Crippen molar-refractivity contribution in [2.75, 3.05) is 0 Å². The van der Waals surface area contributed by atoms with E-state index in [0.29, 0.717) is 0 Å². The third-order valence-corrected chi connectivity index (χ3v) is 5.05. The van der Waals surface area contributed by atoms with Crippen LogP contribution in [0.25, 0.3) is 11.0 Å². The van der Waals surface area contributed by atoms with Crippen LogP contribution in [0.1, 0.15) is 51.3 Å². The van der Waals surface area contributed by atoms with Gasteiger partial charge in [-0.15, -0.1) is 0 Å². The highest BCUT2D eigenvalue weighted by atomic mass is 79.9. The summed E-state index contributed by atoms with van der Waals surface area (Å²) in [6.07, 6.45) is 9.01. The van der Waals surface area contributed by atoms with Crippen molar-refractivity contribution in [3.8, 4) is 0 Å². The molecule has 0 aliphatic carbocycles. The summed E-state index contributed by atoms with van der Waals surface area (Å²) >= 11 is 7.22. The fourth-order valence-electron chi connectivity index (χ4n) is 2.58. The van der Waals surface area contributed by atoms with Crippen LogP contribution in [0.15, 0.2) is 21.1 Å². The second-order valence-electron chi connectivity index (χ2n) is 5.33. The van der Waals surface area contributed by atoms with Gasteiger partial charge in [-0.25, -0.2) is 4.98 Å². The Bertz CT molecular complexity index is 575. The molecule has 0 fully saturated rings. The van der Waals surface area contributed by atoms with Crippen molar-refractivity contribution in [3.05, 3.63) is 26.9 Å². The second kappa shape index (κ2) is 7.60. The predicted molar refractivity (Wildman–Crippen MR) is 93.2 cm³/mol. The van der Waals surface area contributed by atoms with Gasteiger partial charge < -0.3 is 4.57 Å². The van der Waals surface area contributed by atoms with Gasteiger partial charge in [0.2, 0.25) is 0 Å². The maximum atomic E-state index is 4.79. The Balaban J connectivity index is 2.02. The smallest absolute Gasteiger partial charge is 0.109 e. The van der Waals surface area contributed by atoms with Gasteiger partial charge in [0.15, 0.2) is 0 Å². The molecule has 0 bridgehead atoms. The third kappa shape index (κ3) is 3.64. The number of benzene rings is 1. The van der Waals surface area contributed by atoms with Crippen LogP contribution in [0.3, 0.4) is 0 Å². The Labute approximate surface area is 138 Å². The minimum absolute atomic E-state index is 1.06. The van der Waals surface area contributed by atoms with Gasteiger partial charge in [0.05, 0.1) is 5.52 Å². The molecular weight excluding hydrogens is 380 g/mol. The van der Waals surface area contributed by atoms with Gasteiger partial charge in [0.1, 0.15) is 11.3 Å². The van der Waals surface area contributed by atoms with Crippen molar-refractivity contribution in [2.45, 2.75) is 51.9 Å². The highest BCUT2D eigenvalue weighted by Gasteiger charge is 2.12. The number of nitrogens with zero attached hydrogens (tertiary/aromatic N) is 2. The average Bonchev–Trinajstić information content (AvgIpc) is 2.77. The minimum atomic E-state index is 1.06. The Morgan fingerprint density at radius 1 is 1.00 bits per heavy atom. The molecule has 4 heteroatoms. The summed E-state index contributed by atoms with van der Waals surface area (Å²) in [6.45, 7) is 2.26. The van der Waals surface area contributed by atoms with E-state index in [1.54, 1.807) is 0 Å². The number of aromatic nitrogens is 2. The Morgan fingerprint density at radius 2 is 1.65 bits per heavy atom. The molecule has 110 valence electrons. The Hall–Kier alpha value is -0.350. The Morgan fingerprint density at radius 3 is 2.35 bits per heavy atom. The van der Waals surface area contributed by atoms with Crippen LogP contribution in [0.2, 0.25) is 0 Å². The molecule has 0 radical (unpaired) electrons. The molecule has 0 aliphatic rings. The summed E-state index contributed by atoms with van der Waals surface area (Å²) in [6, 6.07) is 4.12. The summed E-state index contributed by atoms with van der Waals surface area (Å²) in [5.41, 5.74) is 2.24. The summed E-state index contributed by atoms with van der Waals surface area (Å²) in [4.78, 5) is 4.79. The van der Waals surface area contributed by atoms with Crippen LogP contribution < -0.4 is 0 Å². The van der Waals surface area contributed by atoms with Gasteiger partial charge in [0, 0.05) is 22.4 Å². The first-order valence-electron chi connectivity index (χ1n) is 7.44. The van der Waals surface area contributed by atoms with Crippen LogP contribution in [-0.2, 0) is 13.5 Å². The van der Waals surface area contributed by atoms with E-state index in [4.69, 9.17) is 4.98 Å². The first-order valence-corrected chi connectivity index (χ1v) is 9.03. The van der Waals surface area contributed by atoms with E-state index in [2.05, 4.69) is 56.5 Å². The van der Waals surface area contributed by atoms with E-state index in [1.807, 2.05) is 6.07 Å². The molecule has 0 spiro atoms. The van der Waals surface area contributed by atoms with Crippen molar-refractivity contribution in [1.29, 1.82) is 0 Å². The number of hydrogen-bond acceptors (Lipinski definition) is 1. The largest absolute Gasteiger partial charge is 0.330 e. The number of unbranched alkanes of at least 4 members (excludes halogenated alkanes) is 5. The fraction of sp³-hybridized carbons (Fsp3) is 0.562. The molecule has 2 aromatic rings. The molecule has 1 aromatic heterocycles. The average molecular weight is 402 g/mol. The maximum Gasteiger partial charge on any atom is 0.109 e. The number of imidazole rings is 1. The zero-order valence-corrected chi connectivity index (χ0v) is 15.4. The molecule has 20 heavy (non-hydrogen) atoms. The zero-order chi connectivity index (χ0) is 14.5. The normalized spacial score (nSPS) is 11.4. The van der Waals surface area contributed by atoms with Gasteiger partial charge in [-0.3, -0.25) is 0 Å². The summed E-state index contributed by atoms with van der Waals surface area (Å²) in [5, 5.41) is 0. The lowest BCUT2D eigenvalue weighted by atomic mass is 10.1. The highest BCUT2D eigenvalue weighted by molar-refractivity contribution is 9.11. The lowest BCUT2D eigenvalue weighted by Crippen LogP contribution is -1.98. The molecule has 0 saturated heterocycles. The van der Waals surface area contributed by atoms with E-state index in [-0.39, 0.29) is 0 Å². The number of halogens is 2. The number of hydrogen-bond donors (Lipinski definition) is 0. The van der Waals surface area contributed by atoms with Gasteiger partial charge in [0.25, 0.3) is 0 Å². The molecule has 0 unspecified atom stereocenters. The third-order valence-electron chi connectivity index (χ3n) is 3.77. The van der Waals surface area contributed by atoms with Gasteiger partial charge in [-0.05, 0) is 50.4 Å². The number of aryl methyl sites for hydroxylation is 2. The van der Waals surface area contributed by atoms with Crippen molar-refractivity contribution in [3.63, 3.8) is 0 Å². The van der Waals surface area contributed by atoms with Crippen molar-refractivity contribution < 1.29 is 0 Å². The summed E-state index contributed by atoms with van der Waals surface area (Å²) < 4.78 is 4.40. The van der Waals surface area contributed by atoms with E-state index < -0.39 is 0 Å². The van der Waals surface area contributed by atoms with Crippen molar-refractivity contribution >= 4 is 42.9 Å². The summed E-state index contributed by atoms with van der Waals surface area (Å²) in [5.74, 6) is 1.18. The molecule has 0 atom stereocenters. The number of rotatable bonds is 7. The lowest BCUT2D eigenvalue weighted by molar-refractivity contribution is 0.596. The molecule has 0 aliphatic heterocycles. The molecule has 0 N–H and O–H groups in total. The Kier molecular flexibility index (Phi) is 6.09. The fourth-order valence-corrected chi connectivity index (χ4v) is 3.57. The molecule has 0 saturated carbocycles. The molecule has 0 amide bonds. The van der Waals surface area contributed by atoms with Gasteiger partial charge >= 0.3 is 0 Å². The SMILES string of the molecule is CCCCCCCCc1nc2c(Br)ccc(Br)c2n1C. The lowest BCUT2D eigenvalue weighted by Gasteiger charge is -2.03. The van der Waals surface area contributed by atoms with Crippen molar-refractivity contribution in [2.24, 2.45) is 7.05 Å². The van der Waals surface area contributed by atoms with Crippen LogP contribution in [0.4, 0.5) is 0 Å². The monoisotopic (exact) mass is 400 g/mol. The van der Waals surface area contributed by atoms with Crippen molar-refractivity contribution in [1.82, 2.24) is 9.55 Å². The summed E-state index contributed by atoms with van der Waals surface area (Å²) in [7, 11) is 2.11. The van der Waals surface area contributed by atoms with Crippen LogP contribution in [0.5, 0.6) is 0 Å². The van der Waals surface area contributed by atoms with E-state index in [9.17, 15) is 0 Å². The molecule has 1 heterocycles. The second-order valence-corrected chi connectivity index (χ2v) is 7.04. The van der Waals surface area contributed by atoms with E-state index in [0.717, 1.165) is 20.9 Å². The first-order chi connectivity index (χ1) is 9.65. The van der Waals surface area contributed by atoms with Crippen LogP contribution >= 0.6 is 31.9 Å². The van der Waals surface area contributed by atoms with E-state index in [1.165, 1.54) is 49.9 Å². The van der Waals surface area contributed by atoms with Crippen LogP contribution in [-0.4, -0.2) is 9.55 Å². The number of fused-ring (bicyclic) bond motifs is 1. The first kappa shape index (κ1) is 16.0. The molecule has 1 aromatic carbocycles. The standard InChI is InChI=1S/C16H22Br2N2/c1-3-4-5-6-7-8-9-14-19-15-12(17)10-11-13(18)16(15)20(14)2/h10-11H,3-9H2,1-2H3. The topological polar surface area (TPSA) is 17.8 Å². The van der Waals surface area contributed by atoms with Gasteiger partial charge in [-0.1, -0.05) is 39.0 Å². The molecule has 2 nitrogen and oxygen atoms in total. The maximum absolute atomic E-state index is 4.79. The zero-order valence-electron chi connectivity index (χ0n) is 12.3. The predicted octanol–water partition coefficient (Wildman–Crippen LogP) is 6.00. The van der Waals surface area contributed by atoms with E-state index >= 15 is 0 Å². The van der Waals surface area contributed by atoms with Crippen LogP contribution in [0, 0.1) is 0 Å².